The van der Waals surface area contributed by atoms with Crippen LogP contribution in [0.25, 0.3) is 0 Å². The quantitative estimate of drug-likeness (QED) is 0.755. The molecule has 1 saturated heterocycles. The Labute approximate surface area is 125 Å². The Morgan fingerprint density at radius 3 is 2.80 bits per heavy atom. The summed E-state index contributed by atoms with van der Waals surface area (Å²) in [5.41, 5.74) is 0. The molecule has 0 amide bonds. The highest BCUT2D eigenvalue weighted by Gasteiger charge is 2.21. The fourth-order valence-corrected chi connectivity index (χ4v) is 2.31. The van der Waals surface area contributed by atoms with Gasteiger partial charge in [0.1, 0.15) is 0 Å². The first-order valence-electron chi connectivity index (χ1n) is 7.11. The van der Waals surface area contributed by atoms with E-state index >= 15 is 0 Å². The second kappa shape index (κ2) is 7.64. The molecule has 2 heterocycles. The van der Waals surface area contributed by atoms with E-state index in [4.69, 9.17) is 21.1 Å². The van der Waals surface area contributed by atoms with Crippen molar-refractivity contribution < 1.29 is 9.47 Å². The van der Waals surface area contributed by atoms with E-state index in [0.29, 0.717) is 24.5 Å². The average molecular weight is 300 g/mol. The first-order chi connectivity index (χ1) is 9.69. The fraction of sp³-hybridized carbons (Fsp3) is 0.714. The van der Waals surface area contributed by atoms with Gasteiger partial charge in [0.05, 0.1) is 18.8 Å². The van der Waals surface area contributed by atoms with E-state index in [1.807, 2.05) is 13.8 Å². The summed E-state index contributed by atoms with van der Waals surface area (Å²) < 4.78 is 11.3. The summed E-state index contributed by atoms with van der Waals surface area (Å²) in [4.78, 5) is 11.0. The molecule has 1 fully saturated rings. The molecular weight excluding hydrogens is 278 g/mol. The van der Waals surface area contributed by atoms with Crippen molar-refractivity contribution in [3.63, 3.8) is 0 Å². The number of hydrogen-bond acceptors (Lipinski definition) is 5. The summed E-state index contributed by atoms with van der Waals surface area (Å²) in [6.07, 6.45) is 4.13. The summed E-state index contributed by atoms with van der Waals surface area (Å²) in [7, 11) is 0. The third-order valence-corrected chi connectivity index (χ3v) is 3.28. The lowest BCUT2D eigenvalue weighted by Crippen LogP contribution is -2.38. The minimum atomic E-state index is 0.118. The van der Waals surface area contributed by atoms with E-state index in [0.717, 1.165) is 31.9 Å². The molecule has 0 atom stereocenters. The Bertz CT molecular complexity index is 409. The van der Waals surface area contributed by atoms with Crippen molar-refractivity contribution in [3.8, 4) is 5.88 Å². The van der Waals surface area contributed by atoms with Gasteiger partial charge in [-0.25, -0.2) is 4.98 Å². The third kappa shape index (κ3) is 4.49. The minimum Gasteiger partial charge on any atom is -0.475 e. The van der Waals surface area contributed by atoms with Crippen LogP contribution in [0.3, 0.4) is 0 Å². The summed E-state index contributed by atoms with van der Waals surface area (Å²) in [5.74, 6) is 1.92. The molecule has 1 aliphatic heterocycles. The van der Waals surface area contributed by atoms with Crippen molar-refractivity contribution in [2.45, 2.75) is 38.9 Å². The zero-order valence-electron chi connectivity index (χ0n) is 12.1. The van der Waals surface area contributed by atoms with Crippen LogP contribution in [0, 0.1) is 0 Å². The van der Waals surface area contributed by atoms with Gasteiger partial charge in [0.25, 0.3) is 0 Å². The monoisotopic (exact) mass is 299 g/mol. The molecule has 0 N–H and O–H groups in total. The SMILES string of the molecule is CC(C)Oc1ccnc(N2CCC(OCCCl)CC2)n1. The Kier molecular flexibility index (Phi) is 5.86. The maximum atomic E-state index is 5.67. The smallest absolute Gasteiger partial charge is 0.228 e. The van der Waals surface area contributed by atoms with E-state index in [1.54, 1.807) is 12.3 Å². The molecule has 0 aliphatic carbocycles. The molecule has 0 saturated carbocycles. The standard InChI is InChI=1S/C14H22ClN3O2/c1-11(2)20-13-3-7-16-14(17-13)18-8-4-12(5-9-18)19-10-6-15/h3,7,11-12H,4-6,8-10H2,1-2H3. The Morgan fingerprint density at radius 1 is 1.40 bits per heavy atom. The van der Waals surface area contributed by atoms with E-state index in [2.05, 4.69) is 14.9 Å². The molecule has 20 heavy (non-hydrogen) atoms. The molecule has 2 rings (SSSR count). The van der Waals surface area contributed by atoms with Gasteiger partial charge in [0.2, 0.25) is 11.8 Å². The summed E-state index contributed by atoms with van der Waals surface area (Å²) >= 11 is 5.63. The van der Waals surface area contributed by atoms with Crippen LogP contribution in [0.1, 0.15) is 26.7 Å². The van der Waals surface area contributed by atoms with Gasteiger partial charge in [-0.15, -0.1) is 11.6 Å². The molecule has 0 spiro atoms. The molecule has 112 valence electrons. The largest absolute Gasteiger partial charge is 0.475 e. The molecule has 5 nitrogen and oxygen atoms in total. The number of ether oxygens (including phenoxy) is 2. The Morgan fingerprint density at radius 2 is 2.15 bits per heavy atom. The second-order valence-corrected chi connectivity index (χ2v) is 5.49. The number of aromatic nitrogens is 2. The van der Waals surface area contributed by atoms with Crippen LogP contribution >= 0.6 is 11.6 Å². The predicted molar refractivity (Wildman–Crippen MR) is 79.7 cm³/mol. The molecule has 0 unspecified atom stereocenters. The average Bonchev–Trinajstić information content (AvgIpc) is 2.45. The van der Waals surface area contributed by atoms with Gasteiger partial charge in [-0.1, -0.05) is 0 Å². The van der Waals surface area contributed by atoms with Crippen LogP contribution < -0.4 is 9.64 Å². The van der Waals surface area contributed by atoms with Crippen molar-refractivity contribution >= 4 is 17.5 Å². The number of hydrogen-bond donors (Lipinski definition) is 0. The highest BCUT2D eigenvalue weighted by molar-refractivity contribution is 6.17. The zero-order chi connectivity index (χ0) is 14.4. The normalized spacial score (nSPS) is 16.7. The zero-order valence-corrected chi connectivity index (χ0v) is 12.8. The summed E-state index contributed by atoms with van der Waals surface area (Å²) in [5, 5.41) is 0. The molecule has 0 aromatic carbocycles. The molecule has 6 heteroatoms. The molecule has 1 aliphatic rings. The van der Waals surface area contributed by atoms with Gasteiger partial charge >= 0.3 is 0 Å². The summed E-state index contributed by atoms with van der Waals surface area (Å²) in [6, 6.07) is 1.79. The molecule has 0 bridgehead atoms. The molecule has 0 radical (unpaired) electrons. The van der Waals surface area contributed by atoms with Gasteiger partial charge < -0.3 is 14.4 Å². The van der Waals surface area contributed by atoms with E-state index in [1.165, 1.54) is 0 Å². The lowest BCUT2D eigenvalue weighted by atomic mass is 10.1. The van der Waals surface area contributed by atoms with Crippen LogP contribution in [0.15, 0.2) is 12.3 Å². The van der Waals surface area contributed by atoms with E-state index in [9.17, 15) is 0 Å². The van der Waals surface area contributed by atoms with Crippen LogP contribution in [0.4, 0.5) is 5.95 Å². The minimum absolute atomic E-state index is 0.118. The summed E-state index contributed by atoms with van der Waals surface area (Å²) in [6.45, 7) is 6.40. The lowest BCUT2D eigenvalue weighted by Gasteiger charge is -2.31. The van der Waals surface area contributed by atoms with Crippen LogP contribution in [0.2, 0.25) is 0 Å². The number of rotatable bonds is 6. The highest BCUT2D eigenvalue weighted by atomic mass is 35.5. The maximum Gasteiger partial charge on any atom is 0.228 e. The van der Waals surface area contributed by atoms with Gasteiger partial charge in [-0.2, -0.15) is 4.98 Å². The Hall–Kier alpha value is -1.07. The van der Waals surface area contributed by atoms with E-state index in [-0.39, 0.29) is 6.10 Å². The Balaban J connectivity index is 1.89. The molecule has 1 aromatic rings. The molecule has 1 aromatic heterocycles. The number of alkyl halides is 1. The van der Waals surface area contributed by atoms with Gasteiger partial charge in [0, 0.05) is 31.2 Å². The predicted octanol–water partition coefficient (Wildman–Crippen LogP) is 2.49. The van der Waals surface area contributed by atoms with Crippen molar-refractivity contribution in [1.29, 1.82) is 0 Å². The van der Waals surface area contributed by atoms with Gasteiger partial charge in [-0.3, -0.25) is 0 Å². The third-order valence-electron chi connectivity index (χ3n) is 3.13. The topological polar surface area (TPSA) is 47.5 Å². The highest BCUT2D eigenvalue weighted by Crippen LogP contribution is 2.20. The van der Waals surface area contributed by atoms with Gasteiger partial charge in [0.15, 0.2) is 0 Å². The number of halogens is 1. The maximum absolute atomic E-state index is 5.67. The number of piperidine rings is 1. The number of nitrogens with zero attached hydrogens (tertiary/aromatic N) is 3. The lowest BCUT2D eigenvalue weighted by molar-refractivity contribution is 0.0469. The number of anilines is 1. The van der Waals surface area contributed by atoms with Gasteiger partial charge in [-0.05, 0) is 26.7 Å². The van der Waals surface area contributed by atoms with E-state index < -0.39 is 0 Å². The van der Waals surface area contributed by atoms with Crippen LogP contribution in [-0.2, 0) is 4.74 Å². The van der Waals surface area contributed by atoms with Crippen molar-refractivity contribution in [2.24, 2.45) is 0 Å². The van der Waals surface area contributed by atoms with Crippen molar-refractivity contribution in [3.05, 3.63) is 12.3 Å². The van der Waals surface area contributed by atoms with Crippen LogP contribution in [0.5, 0.6) is 5.88 Å². The fourth-order valence-electron chi connectivity index (χ4n) is 2.23. The first kappa shape index (κ1) is 15.3. The van der Waals surface area contributed by atoms with Crippen LogP contribution in [-0.4, -0.2) is 47.8 Å². The first-order valence-corrected chi connectivity index (χ1v) is 7.64. The molecular formula is C14H22ClN3O2. The second-order valence-electron chi connectivity index (χ2n) is 5.11. The van der Waals surface area contributed by atoms with Crippen molar-refractivity contribution in [1.82, 2.24) is 9.97 Å². The van der Waals surface area contributed by atoms with Crippen molar-refractivity contribution in [2.75, 3.05) is 30.5 Å².